The van der Waals surface area contributed by atoms with Gasteiger partial charge in [-0.3, -0.25) is 14.9 Å². The molecule has 1 aromatic heterocycles. The van der Waals surface area contributed by atoms with Gasteiger partial charge in [-0.05, 0) is 19.4 Å². The molecule has 0 bridgehead atoms. The summed E-state index contributed by atoms with van der Waals surface area (Å²) >= 11 is 1.21. The number of thiophene rings is 1. The first-order chi connectivity index (χ1) is 16.8. The minimum Gasteiger partial charge on any atom is -0.467 e. The Morgan fingerprint density at radius 2 is 2.00 bits per heavy atom. The first-order valence-electron chi connectivity index (χ1n) is 10.6. The summed E-state index contributed by atoms with van der Waals surface area (Å²) in [6.45, 7) is 3.49. The van der Waals surface area contributed by atoms with Crippen molar-refractivity contribution in [3.63, 3.8) is 0 Å². The molecular weight excluding hydrogens is 472 g/mol. The zero-order chi connectivity index (χ0) is 24.9. The van der Waals surface area contributed by atoms with Crippen LogP contribution in [0.3, 0.4) is 0 Å². The van der Waals surface area contributed by atoms with Gasteiger partial charge >= 0.3 is 5.97 Å². The molecule has 0 unspecified atom stereocenters. The van der Waals surface area contributed by atoms with Gasteiger partial charge in [0.1, 0.15) is 22.9 Å². The Morgan fingerprint density at radius 1 is 1.23 bits per heavy atom. The molecule has 0 saturated heterocycles. The van der Waals surface area contributed by atoms with E-state index in [1.165, 1.54) is 29.5 Å². The highest BCUT2D eigenvalue weighted by molar-refractivity contribution is 7.15. The molecule has 3 aromatic rings. The Labute approximate surface area is 205 Å². The number of rotatable bonds is 7. The highest BCUT2D eigenvalue weighted by Gasteiger charge is 2.25. The van der Waals surface area contributed by atoms with Crippen LogP contribution in [0.15, 0.2) is 59.5 Å². The maximum absolute atomic E-state index is 13.3. The largest absolute Gasteiger partial charge is 0.467 e. The number of non-ortho nitro benzene ring substituents is 1. The number of nitrogens with zero attached hydrogens (tertiary/aromatic N) is 1. The van der Waals surface area contributed by atoms with E-state index in [9.17, 15) is 19.7 Å². The number of carbonyl (C=O) groups is 2. The normalized spacial score (nSPS) is 12.2. The molecule has 4 rings (SSSR count). The summed E-state index contributed by atoms with van der Waals surface area (Å²) in [4.78, 5) is 36.5. The topological polar surface area (TPSA) is 117 Å². The molecule has 1 aliphatic rings. The van der Waals surface area contributed by atoms with E-state index < -0.39 is 10.9 Å². The second-order valence-corrected chi connectivity index (χ2v) is 8.85. The molecule has 2 heterocycles. The van der Waals surface area contributed by atoms with Crippen LogP contribution in [0.4, 0.5) is 10.7 Å². The summed E-state index contributed by atoms with van der Waals surface area (Å²) in [7, 11) is 0. The molecule has 2 aromatic carbocycles. The van der Waals surface area contributed by atoms with Crippen molar-refractivity contribution in [2.45, 2.75) is 27.1 Å². The van der Waals surface area contributed by atoms with Gasteiger partial charge in [0, 0.05) is 40.3 Å². The predicted molar refractivity (Wildman–Crippen MR) is 130 cm³/mol. The van der Waals surface area contributed by atoms with Crippen molar-refractivity contribution < 1.29 is 28.7 Å². The summed E-state index contributed by atoms with van der Waals surface area (Å²) in [5.41, 5.74) is 3.12. The van der Waals surface area contributed by atoms with E-state index in [0.29, 0.717) is 27.4 Å². The molecule has 180 valence electrons. The third-order valence-corrected chi connectivity index (χ3v) is 5.97. The second kappa shape index (κ2) is 10.5. The molecule has 0 fully saturated rings. The van der Waals surface area contributed by atoms with Gasteiger partial charge in [-0.2, -0.15) is 0 Å². The number of esters is 1. The van der Waals surface area contributed by atoms with Crippen LogP contribution in [-0.2, 0) is 27.5 Å². The molecule has 10 heteroatoms. The number of nitro groups is 1. The van der Waals surface area contributed by atoms with E-state index in [2.05, 4.69) is 5.32 Å². The minimum atomic E-state index is -0.676. The zero-order valence-corrected chi connectivity index (χ0v) is 19.8. The number of benzene rings is 2. The van der Waals surface area contributed by atoms with Crippen LogP contribution in [0, 0.1) is 10.1 Å². The summed E-state index contributed by atoms with van der Waals surface area (Å²) in [6, 6.07) is 12.0. The molecule has 0 aliphatic carbocycles. The Balaban J connectivity index is 1.66. The van der Waals surface area contributed by atoms with Crippen LogP contribution in [0.5, 0.6) is 5.75 Å². The fourth-order valence-electron chi connectivity index (χ4n) is 3.60. The third-order valence-electron chi connectivity index (χ3n) is 5.08. The van der Waals surface area contributed by atoms with E-state index in [-0.39, 0.29) is 37.2 Å². The number of hydrogen-bond acceptors (Lipinski definition) is 8. The summed E-state index contributed by atoms with van der Waals surface area (Å²) in [5, 5.41) is 16.2. The molecule has 0 radical (unpaired) electrons. The predicted octanol–water partition coefficient (Wildman–Crippen LogP) is 5.45. The number of anilines is 1. The highest BCUT2D eigenvalue weighted by atomic mass is 32.1. The lowest BCUT2D eigenvalue weighted by Crippen LogP contribution is -2.16. The second-order valence-electron chi connectivity index (χ2n) is 7.97. The Bertz CT molecular complexity index is 1310. The number of nitrogens with one attached hydrogen (secondary N) is 1. The van der Waals surface area contributed by atoms with Crippen LogP contribution in [0.1, 0.15) is 35.3 Å². The van der Waals surface area contributed by atoms with E-state index in [1.54, 1.807) is 19.2 Å². The van der Waals surface area contributed by atoms with Gasteiger partial charge in [0.25, 0.3) is 5.69 Å². The maximum atomic E-state index is 13.3. The summed E-state index contributed by atoms with van der Waals surface area (Å²) < 4.78 is 16.3. The number of nitro benzene ring substituents is 1. The number of carbonyl (C=O) groups excluding carboxylic acids is 2. The van der Waals surface area contributed by atoms with Gasteiger partial charge in [-0.15, -0.1) is 11.3 Å². The van der Waals surface area contributed by atoms with Crippen molar-refractivity contribution in [1.82, 2.24) is 0 Å². The van der Waals surface area contributed by atoms with Gasteiger partial charge in [0.2, 0.25) is 5.91 Å². The Morgan fingerprint density at radius 3 is 2.71 bits per heavy atom. The Kier molecular flexibility index (Phi) is 7.23. The number of ether oxygens (including phenoxy) is 3. The molecule has 1 amide bonds. The van der Waals surface area contributed by atoms with Crippen molar-refractivity contribution in [2.24, 2.45) is 0 Å². The number of allylic oxidation sites excluding steroid dienone is 1. The molecule has 1 N–H and O–H groups in total. The van der Waals surface area contributed by atoms with Crippen LogP contribution >= 0.6 is 11.3 Å². The molecule has 0 atom stereocenters. The lowest BCUT2D eigenvalue weighted by Gasteiger charge is -2.20. The molecule has 9 nitrogen and oxygen atoms in total. The molecular formula is C25H22N2O7S. The van der Waals surface area contributed by atoms with E-state index in [4.69, 9.17) is 14.2 Å². The first-order valence-corrected chi connectivity index (χ1v) is 11.5. The van der Waals surface area contributed by atoms with Crippen molar-refractivity contribution >= 4 is 33.9 Å². The standard InChI is InChI=1S/C25H22N2O7S/c1-15(2)8-21(28)26-24-22(20(13-35-24)16-6-4-3-5-7-16)25(29)33-12-18-10-19(27(30)31)9-17-11-32-14-34-23(17)18/h3-10,13H,11-12,14H2,1-2H3,(H,26,28). The molecule has 0 spiro atoms. The quantitative estimate of drug-likeness (QED) is 0.201. The molecule has 0 saturated carbocycles. The van der Waals surface area contributed by atoms with Crippen LogP contribution in [0.2, 0.25) is 0 Å². The van der Waals surface area contributed by atoms with E-state index >= 15 is 0 Å². The smallest absolute Gasteiger partial charge is 0.342 e. The highest BCUT2D eigenvalue weighted by Crippen LogP contribution is 2.37. The van der Waals surface area contributed by atoms with Crippen molar-refractivity contribution in [3.8, 4) is 16.9 Å². The van der Waals surface area contributed by atoms with Gasteiger partial charge in [0.15, 0.2) is 6.79 Å². The van der Waals surface area contributed by atoms with Crippen molar-refractivity contribution in [1.29, 1.82) is 0 Å². The monoisotopic (exact) mass is 494 g/mol. The maximum Gasteiger partial charge on any atom is 0.342 e. The molecule has 35 heavy (non-hydrogen) atoms. The number of amides is 1. The van der Waals surface area contributed by atoms with Crippen LogP contribution in [-0.4, -0.2) is 23.6 Å². The van der Waals surface area contributed by atoms with Crippen LogP contribution < -0.4 is 10.1 Å². The third kappa shape index (κ3) is 5.56. The zero-order valence-electron chi connectivity index (χ0n) is 19.0. The van der Waals surface area contributed by atoms with E-state index in [1.807, 2.05) is 30.3 Å². The van der Waals surface area contributed by atoms with Crippen molar-refractivity contribution in [2.75, 3.05) is 12.1 Å². The van der Waals surface area contributed by atoms with E-state index in [0.717, 1.165) is 11.1 Å². The van der Waals surface area contributed by atoms with Crippen molar-refractivity contribution in [3.05, 3.63) is 86.3 Å². The van der Waals surface area contributed by atoms with Crippen LogP contribution in [0.25, 0.3) is 11.1 Å². The average Bonchev–Trinajstić information content (AvgIpc) is 3.25. The fraction of sp³-hybridized carbons (Fsp3) is 0.200. The van der Waals surface area contributed by atoms with Gasteiger partial charge < -0.3 is 19.5 Å². The average molecular weight is 495 g/mol. The summed E-state index contributed by atoms with van der Waals surface area (Å²) in [6.07, 6.45) is 1.44. The lowest BCUT2D eigenvalue weighted by atomic mass is 10.0. The van der Waals surface area contributed by atoms with Gasteiger partial charge in [0.05, 0.1) is 11.5 Å². The summed E-state index contributed by atoms with van der Waals surface area (Å²) in [5.74, 6) is -0.632. The van der Waals surface area contributed by atoms with Gasteiger partial charge in [-0.1, -0.05) is 35.9 Å². The SMILES string of the molecule is CC(C)=CC(=O)Nc1scc(-c2ccccc2)c1C(=O)OCc1cc([N+](=O)[O-])cc2c1OCOC2. The molecule has 1 aliphatic heterocycles. The van der Waals surface area contributed by atoms with Gasteiger partial charge in [-0.25, -0.2) is 4.79 Å². The minimum absolute atomic E-state index is 0.00497. The number of hydrogen-bond donors (Lipinski definition) is 1. The first kappa shape index (κ1) is 24.1. The Hall–Kier alpha value is -4.02. The number of fused-ring (bicyclic) bond motifs is 1. The lowest BCUT2D eigenvalue weighted by molar-refractivity contribution is -0.385. The fourth-order valence-corrected chi connectivity index (χ4v) is 4.56.